The summed E-state index contributed by atoms with van der Waals surface area (Å²) in [5, 5.41) is 2.44. The van der Waals surface area contributed by atoms with Gasteiger partial charge in [-0.25, -0.2) is 4.98 Å². The van der Waals surface area contributed by atoms with Crippen LogP contribution in [-0.2, 0) is 11.3 Å². The molecule has 0 spiro atoms. The molecule has 2 aromatic rings. The fourth-order valence-electron chi connectivity index (χ4n) is 3.12. The molecule has 6 heteroatoms. The summed E-state index contributed by atoms with van der Waals surface area (Å²) in [6.07, 6.45) is 2.64. The summed E-state index contributed by atoms with van der Waals surface area (Å²) in [5.74, 6) is 1.05. The van der Waals surface area contributed by atoms with Gasteiger partial charge in [0.1, 0.15) is 11.4 Å². The van der Waals surface area contributed by atoms with Crippen LogP contribution in [0.25, 0.3) is 10.2 Å². The molecule has 3 heterocycles. The minimum absolute atomic E-state index is 0.00637. The maximum atomic E-state index is 12.4. The molecule has 1 aliphatic heterocycles. The largest absolute Gasteiger partial charge is 0.341 e. The van der Waals surface area contributed by atoms with E-state index in [1.165, 1.54) is 22.2 Å². The molecule has 0 radical (unpaired) electrons. The Bertz CT molecular complexity index is 711. The highest BCUT2D eigenvalue weighted by Crippen LogP contribution is 2.21. The maximum Gasteiger partial charge on any atom is 0.262 e. The van der Waals surface area contributed by atoms with Crippen LogP contribution in [0.15, 0.2) is 22.6 Å². The summed E-state index contributed by atoms with van der Waals surface area (Å²) >= 11 is 1.44. The van der Waals surface area contributed by atoms with E-state index >= 15 is 0 Å². The van der Waals surface area contributed by atoms with Crippen molar-refractivity contribution in [2.45, 2.75) is 26.8 Å². The van der Waals surface area contributed by atoms with Gasteiger partial charge in [0.05, 0.1) is 11.7 Å². The van der Waals surface area contributed by atoms with Gasteiger partial charge in [-0.3, -0.25) is 14.2 Å². The second-order valence-corrected chi connectivity index (χ2v) is 6.96. The molecule has 0 bridgehead atoms. The molecule has 0 saturated carbocycles. The molecule has 5 nitrogen and oxygen atoms in total. The van der Waals surface area contributed by atoms with Crippen LogP contribution < -0.4 is 5.56 Å². The molecule has 21 heavy (non-hydrogen) atoms. The number of hydrogen-bond acceptors (Lipinski definition) is 4. The van der Waals surface area contributed by atoms with Gasteiger partial charge in [-0.2, -0.15) is 0 Å². The number of aromatic nitrogens is 2. The number of carbonyl (C=O) groups is 1. The smallest absolute Gasteiger partial charge is 0.262 e. The number of thiophene rings is 1. The Morgan fingerprint density at radius 1 is 1.38 bits per heavy atom. The molecular formula is C15H19N3O2S. The van der Waals surface area contributed by atoms with Crippen LogP contribution in [-0.4, -0.2) is 33.4 Å². The second kappa shape index (κ2) is 5.60. The third-order valence-electron chi connectivity index (χ3n) is 3.98. The number of carbonyl (C=O) groups excluding carboxylic acids is 1. The van der Waals surface area contributed by atoms with Gasteiger partial charge in [0.2, 0.25) is 5.91 Å². The molecule has 1 aliphatic rings. The van der Waals surface area contributed by atoms with Crippen molar-refractivity contribution in [1.29, 1.82) is 0 Å². The Morgan fingerprint density at radius 3 is 2.81 bits per heavy atom. The highest BCUT2D eigenvalue weighted by molar-refractivity contribution is 7.16. The van der Waals surface area contributed by atoms with Gasteiger partial charge < -0.3 is 4.90 Å². The molecule has 0 unspecified atom stereocenters. The van der Waals surface area contributed by atoms with Gasteiger partial charge >= 0.3 is 0 Å². The predicted octanol–water partition coefficient (Wildman–Crippen LogP) is 1.96. The molecule has 0 aromatic carbocycles. The van der Waals surface area contributed by atoms with E-state index in [0.29, 0.717) is 17.2 Å². The van der Waals surface area contributed by atoms with Gasteiger partial charge in [0.25, 0.3) is 5.56 Å². The van der Waals surface area contributed by atoms with Crippen molar-refractivity contribution in [2.75, 3.05) is 13.1 Å². The Labute approximate surface area is 127 Å². The molecule has 2 atom stereocenters. The van der Waals surface area contributed by atoms with Crippen molar-refractivity contribution in [3.8, 4) is 0 Å². The minimum atomic E-state index is -0.132. The first kappa shape index (κ1) is 14.3. The number of piperidine rings is 1. The molecule has 112 valence electrons. The Kier molecular flexibility index (Phi) is 3.80. The van der Waals surface area contributed by atoms with Crippen LogP contribution in [0.3, 0.4) is 0 Å². The summed E-state index contributed by atoms with van der Waals surface area (Å²) in [4.78, 5) is 31.6. The lowest BCUT2D eigenvalue weighted by Crippen LogP contribution is -2.44. The van der Waals surface area contributed by atoms with Crippen LogP contribution in [0.5, 0.6) is 0 Å². The Morgan fingerprint density at radius 2 is 2.10 bits per heavy atom. The Hall–Kier alpha value is -1.69. The number of amides is 1. The number of nitrogens with zero attached hydrogens (tertiary/aromatic N) is 3. The zero-order valence-electron chi connectivity index (χ0n) is 12.3. The summed E-state index contributed by atoms with van der Waals surface area (Å²) in [7, 11) is 0. The summed E-state index contributed by atoms with van der Waals surface area (Å²) in [6.45, 7) is 5.98. The molecule has 1 amide bonds. The van der Waals surface area contributed by atoms with Gasteiger partial charge in [-0.1, -0.05) is 13.8 Å². The van der Waals surface area contributed by atoms with E-state index in [9.17, 15) is 9.59 Å². The van der Waals surface area contributed by atoms with Gasteiger partial charge in [-0.05, 0) is 29.7 Å². The first-order chi connectivity index (χ1) is 10.0. The van der Waals surface area contributed by atoms with Crippen LogP contribution in [0.2, 0.25) is 0 Å². The summed E-state index contributed by atoms with van der Waals surface area (Å²) < 4.78 is 1.42. The molecule has 0 N–H and O–H groups in total. The Balaban J connectivity index is 1.80. The maximum absolute atomic E-state index is 12.4. The fourth-order valence-corrected chi connectivity index (χ4v) is 3.84. The topological polar surface area (TPSA) is 55.2 Å². The number of hydrogen-bond donors (Lipinski definition) is 0. The van der Waals surface area contributed by atoms with Crippen molar-refractivity contribution in [3.05, 3.63) is 28.1 Å². The second-order valence-electron chi connectivity index (χ2n) is 6.06. The average Bonchev–Trinajstić information content (AvgIpc) is 2.90. The molecule has 3 rings (SSSR count). The molecule has 1 saturated heterocycles. The zero-order chi connectivity index (χ0) is 15.0. The van der Waals surface area contributed by atoms with Crippen molar-refractivity contribution in [2.24, 2.45) is 11.8 Å². The van der Waals surface area contributed by atoms with E-state index in [1.54, 1.807) is 6.07 Å². The van der Waals surface area contributed by atoms with Crippen LogP contribution in [0.4, 0.5) is 0 Å². The molecule has 2 aromatic heterocycles. The predicted molar refractivity (Wildman–Crippen MR) is 83.4 cm³/mol. The summed E-state index contributed by atoms with van der Waals surface area (Å²) in [6, 6.07) is 1.77. The first-order valence-corrected chi connectivity index (χ1v) is 8.13. The lowest BCUT2D eigenvalue weighted by atomic mass is 9.92. The van der Waals surface area contributed by atoms with E-state index in [-0.39, 0.29) is 18.0 Å². The molecule has 0 aliphatic carbocycles. The van der Waals surface area contributed by atoms with E-state index < -0.39 is 0 Å². The highest BCUT2D eigenvalue weighted by atomic mass is 32.1. The summed E-state index contributed by atoms with van der Waals surface area (Å²) in [5.41, 5.74) is -0.132. The SMILES string of the molecule is C[C@@H]1C[C@H](C)CN(C(=O)Cn2cnc3sccc3c2=O)C1. The normalized spacial score (nSPS) is 22.7. The van der Waals surface area contributed by atoms with E-state index in [4.69, 9.17) is 0 Å². The van der Waals surface area contributed by atoms with Gasteiger partial charge in [0, 0.05) is 13.1 Å². The molecule has 1 fully saturated rings. The van der Waals surface area contributed by atoms with Gasteiger partial charge in [0.15, 0.2) is 0 Å². The fraction of sp³-hybridized carbons (Fsp3) is 0.533. The highest BCUT2D eigenvalue weighted by Gasteiger charge is 2.25. The minimum Gasteiger partial charge on any atom is -0.341 e. The molecular weight excluding hydrogens is 286 g/mol. The average molecular weight is 305 g/mol. The zero-order valence-corrected chi connectivity index (χ0v) is 13.1. The third kappa shape index (κ3) is 2.85. The van der Waals surface area contributed by atoms with Crippen molar-refractivity contribution in [1.82, 2.24) is 14.5 Å². The van der Waals surface area contributed by atoms with E-state index in [0.717, 1.165) is 24.3 Å². The monoisotopic (exact) mass is 305 g/mol. The number of fused-ring (bicyclic) bond motifs is 1. The van der Waals surface area contributed by atoms with Crippen molar-refractivity contribution >= 4 is 27.5 Å². The van der Waals surface area contributed by atoms with Crippen molar-refractivity contribution in [3.63, 3.8) is 0 Å². The standard InChI is InChI=1S/C15H19N3O2S/c1-10-5-11(2)7-17(6-10)13(19)8-18-9-16-14-12(15(18)20)3-4-21-14/h3-4,9-11H,5-8H2,1-2H3/t10-,11+. The van der Waals surface area contributed by atoms with Crippen molar-refractivity contribution < 1.29 is 4.79 Å². The quantitative estimate of drug-likeness (QED) is 0.852. The van der Waals surface area contributed by atoms with Gasteiger partial charge in [-0.15, -0.1) is 11.3 Å². The lowest BCUT2D eigenvalue weighted by Gasteiger charge is -2.35. The van der Waals surface area contributed by atoms with Crippen LogP contribution >= 0.6 is 11.3 Å². The lowest BCUT2D eigenvalue weighted by molar-refractivity contribution is -0.134. The van der Waals surface area contributed by atoms with Crippen LogP contribution in [0.1, 0.15) is 20.3 Å². The first-order valence-electron chi connectivity index (χ1n) is 7.25. The number of rotatable bonds is 2. The third-order valence-corrected chi connectivity index (χ3v) is 4.80. The van der Waals surface area contributed by atoms with Crippen LogP contribution in [0, 0.1) is 11.8 Å². The van der Waals surface area contributed by atoms with E-state index in [2.05, 4.69) is 18.8 Å². The van der Waals surface area contributed by atoms with E-state index in [1.807, 2.05) is 10.3 Å². The number of likely N-dealkylation sites (tertiary alicyclic amines) is 1.